The second-order valence-electron chi connectivity index (χ2n) is 11.3. The van der Waals surface area contributed by atoms with E-state index in [0.29, 0.717) is 50.7 Å². The van der Waals surface area contributed by atoms with Crippen LogP contribution in [0.4, 0.5) is 11.4 Å². The third-order valence-electron chi connectivity index (χ3n) is 7.98. The third kappa shape index (κ3) is 5.63. The number of hydrogen-bond acceptors (Lipinski definition) is 6. The second kappa shape index (κ2) is 10.8. The molecule has 39 heavy (non-hydrogen) atoms. The Balaban J connectivity index is 1.31. The van der Waals surface area contributed by atoms with Crippen LogP contribution in [0, 0.1) is 25.7 Å². The van der Waals surface area contributed by atoms with Gasteiger partial charge in [0.2, 0.25) is 15.9 Å². The summed E-state index contributed by atoms with van der Waals surface area (Å²) >= 11 is 0. The van der Waals surface area contributed by atoms with Gasteiger partial charge in [-0.1, -0.05) is 26.0 Å². The van der Waals surface area contributed by atoms with Gasteiger partial charge in [0.1, 0.15) is 12.3 Å². The molecule has 2 fully saturated rings. The molecule has 0 radical (unpaired) electrons. The van der Waals surface area contributed by atoms with Crippen molar-refractivity contribution in [2.45, 2.75) is 39.0 Å². The van der Waals surface area contributed by atoms with Crippen molar-refractivity contribution in [2.24, 2.45) is 11.8 Å². The Kier molecular flexibility index (Phi) is 7.61. The number of nitrogens with zero attached hydrogens (tertiary/aromatic N) is 4. The molecule has 2 amide bonds. The normalized spacial score (nSPS) is 22.5. The van der Waals surface area contributed by atoms with Crippen molar-refractivity contribution < 1.29 is 22.7 Å². The van der Waals surface area contributed by atoms with Crippen LogP contribution >= 0.6 is 0 Å². The van der Waals surface area contributed by atoms with Crippen molar-refractivity contribution in [1.29, 1.82) is 0 Å². The average molecular weight is 555 g/mol. The number of fused-ring (bicyclic) bond motifs is 1. The molecule has 10 heteroatoms. The maximum Gasteiger partial charge on any atom is 0.265 e. The van der Waals surface area contributed by atoms with E-state index in [1.165, 1.54) is 38.2 Å². The van der Waals surface area contributed by atoms with E-state index >= 15 is 0 Å². The lowest BCUT2D eigenvalue weighted by molar-refractivity contribution is -0.132. The number of carbonyl (C=O) groups excluding carboxylic acids is 2. The molecule has 3 heterocycles. The number of piperazine rings is 1. The number of amides is 2. The molecule has 0 spiro atoms. The number of benzene rings is 2. The third-order valence-corrected chi connectivity index (χ3v) is 9.81. The van der Waals surface area contributed by atoms with Crippen molar-refractivity contribution >= 4 is 33.2 Å². The quantitative estimate of drug-likeness (QED) is 0.565. The molecule has 2 aromatic rings. The largest absolute Gasteiger partial charge is 0.482 e. The molecule has 0 aliphatic carbocycles. The molecule has 0 saturated carbocycles. The SMILES string of the molecule is Cc1ccc(C)c(N2CCN(C(=O)CN3C(=O)COc4ccc(S(=O)(=O)N5CC(C)CC(C)C5)cc43)CC2)c1. The number of rotatable bonds is 5. The first kappa shape index (κ1) is 27.5. The zero-order chi connectivity index (χ0) is 27.9. The van der Waals surface area contributed by atoms with Gasteiger partial charge < -0.3 is 14.5 Å². The maximum absolute atomic E-state index is 13.5. The summed E-state index contributed by atoms with van der Waals surface area (Å²) in [6.07, 6.45) is 0.993. The topological polar surface area (TPSA) is 90.5 Å². The van der Waals surface area contributed by atoms with E-state index in [4.69, 9.17) is 4.74 Å². The number of anilines is 2. The molecule has 3 aliphatic rings. The predicted octanol–water partition coefficient (Wildman–Crippen LogP) is 3.04. The van der Waals surface area contributed by atoms with Crippen molar-refractivity contribution in [2.75, 3.05) is 62.2 Å². The summed E-state index contributed by atoms with van der Waals surface area (Å²) < 4.78 is 34.2. The van der Waals surface area contributed by atoms with Crippen molar-refractivity contribution in [3.63, 3.8) is 0 Å². The molecule has 210 valence electrons. The Morgan fingerprint density at radius 3 is 2.33 bits per heavy atom. The zero-order valence-corrected chi connectivity index (χ0v) is 24.0. The van der Waals surface area contributed by atoms with Gasteiger partial charge in [0.15, 0.2) is 6.61 Å². The highest BCUT2D eigenvalue weighted by molar-refractivity contribution is 7.89. The summed E-state index contributed by atoms with van der Waals surface area (Å²) in [6, 6.07) is 11.0. The van der Waals surface area contributed by atoms with Gasteiger partial charge in [-0.05, 0) is 67.5 Å². The zero-order valence-electron chi connectivity index (χ0n) is 23.2. The van der Waals surface area contributed by atoms with Crippen molar-refractivity contribution in [1.82, 2.24) is 9.21 Å². The fourth-order valence-corrected chi connectivity index (χ4v) is 7.66. The van der Waals surface area contributed by atoms with E-state index in [-0.39, 0.29) is 41.7 Å². The van der Waals surface area contributed by atoms with Gasteiger partial charge in [0, 0.05) is 45.0 Å². The van der Waals surface area contributed by atoms with Gasteiger partial charge in [-0.3, -0.25) is 14.5 Å². The van der Waals surface area contributed by atoms with Crippen LogP contribution in [0.25, 0.3) is 0 Å². The standard InChI is InChI=1S/C29H38N4O5S/c1-20-5-6-23(4)25(14-20)30-9-11-31(12-10-30)28(34)18-33-26-15-24(7-8-27(26)38-19-29(33)35)39(36,37)32-16-21(2)13-22(3)17-32/h5-8,14-15,21-22H,9-13,16-19H2,1-4H3. The Bertz CT molecular complexity index is 1360. The highest BCUT2D eigenvalue weighted by atomic mass is 32.2. The van der Waals surface area contributed by atoms with Crippen LogP contribution in [-0.4, -0.2) is 81.9 Å². The maximum atomic E-state index is 13.5. The summed E-state index contributed by atoms with van der Waals surface area (Å²) in [5.74, 6) is 0.427. The van der Waals surface area contributed by atoms with Gasteiger partial charge in [-0.25, -0.2) is 8.42 Å². The molecule has 2 aromatic carbocycles. The summed E-state index contributed by atoms with van der Waals surface area (Å²) in [6.45, 7) is 11.4. The van der Waals surface area contributed by atoms with Crippen molar-refractivity contribution in [3.05, 3.63) is 47.5 Å². The molecule has 2 atom stereocenters. The first-order chi connectivity index (χ1) is 18.5. The number of piperidine rings is 1. The van der Waals surface area contributed by atoms with Crippen LogP contribution in [0.3, 0.4) is 0 Å². The lowest BCUT2D eigenvalue weighted by Crippen LogP contribution is -2.53. The van der Waals surface area contributed by atoms with E-state index in [9.17, 15) is 18.0 Å². The highest BCUT2D eigenvalue weighted by Gasteiger charge is 2.35. The fourth-order valence-electron chi connectivity index (χ4n) is 5.96. The van der Waals surface area contributed by atoms with Crippen LogP contribution in [0.5, 0.6) is 5.75 Å². The first-order valence-corrected chi connectivity index (χ1v) is 15.1. The lowest BCUT2D eigenvalue weighted by atomic mass is 9.94. The summed E-state index contributed by atoms with van der Waals surface area (Å²) in [4.78, 5) is 31.8. The van der Waals surface area contributed by atoms with Gasteiger partial charge in [0.25, 0.3) is 5.91 Å². The van der Waals surface area contributed by atoms with Gasteiger partial charge in [-0.2, -0.15) is 4.31 Å². The molecule has 9 nitrogen and oxygen atoms in total. The highest BCUT2D eigenvalue weighted by Crippen LogP contribution is 2.36. The molecular weight excluding hydrogens is 516 g/mol. The van der Waals surface area contributed by atoms with Crippen LogP contribution < -0.4 is 14.5 Å². The summed E-state index contributed by atoms with van der Waals surface area (Å²) in [5.41, 5.74) is 3.91. The predicted molar refractivity (Wildman–Crippen MR) is 151 cm³/mol. The van der Waals surface area contributed by atoms with E-state index in [1.807, 2.05) is 0 Å². The Hall–Kier alpha value is -3.11. The number of carbonyl (C=O) groups is 2. The Labute approximate surface area is 231 Å². The van der Waals surface area contributed by atoms with Gasteiger partial charge in [-0.15, -0.1) is 0 Å². The molecule has 0 bridgehead atoms. The molecule has 0 N–H and O–H groups in total. The van der Waals surface area contributed by atoms with E-state index < -0.39 is 10.0 Å². The fraction of sp³-hybridized carbons (Fsp3) is 0.517. The number of hydrogen-bond donors (Lipinski definition) is 0. The monoisotopic (exact) mass is 554 g/mol. The average Bonchev–Trinajstić information content (AvgIpc) is 2.91. The Morgan fingerprint density at radius 2 is 1.64 bits per heavy atom. The lowest BCUT2D eigenvalue weighted by Gasteiger charge is -2.38. The van der Waals surface area contributed by atoms with Crippen LogP contribution in [-0.2, 0) is 19.6 Å². The number of aryl methyl sites for hydroxylation is 2. The minimum Gasteiger partial charge on any atom is -0.482 e. The summed E-state index contributed by atoms with van der Waals surface area (Å²) in [7, 11) is -3.75. The van der Waals surface area contributed by atoms with Crippen molar-refractivity contribution in [3.8, 4) is 5.75 Å². The molecule has 2 saturated heterocycles. The van der Waals surface area contributed by atoms with Gasteiger partial charge in [0.05, 0.1) is 10.6 Å². The van der Waals surface area contributed by atoms with Gasteiger partial charge >= 0.3 is 0 Å². The van der Waals surface area contributed by atoms with E-state index in [1.54, 1.807) is 11.0 Å². The van der Waals surface area contributed by atoms with Crippen LogP contribution in [0.15, 0.2) is 41.3 Å². The molecule has 5 rings (SSSR count). The van der Waals surface area contributed by atoms with E-state index in [2.05, 4.69) is 50.8 Å². The minimum atomic E-state index is -3.75. The first-order valence-electron chi connectivity index (χ1n) is 13.7. The number of sulfonamides is 1. The van der Waals surface area contributed by atoms with Crippen LogP contribution in [0.1, 0.15) is 31.4 Å². The van der Waals surface area contributed by atoms with E-state index in [0.717, 1.165) is 6.42 Å². The Morgan fingerprint density at radius 1 is 0.949 bits per heavy atom. The smallest absolute Gasteiger partial charge is 0.265 e. The summed E-state index contributed by atoms with van der Waals surface area (Å²) in [5, 5.41) is 0. The second-order valence-corrected chi connectivity index (χ2v) is 13.3. The molecule has 0 aromatic heterocycles. The molecule has 3 aliphatic heterocycles. The molecule has 2 unspecified atom stereocenters. The minimum absolute atomic E-state index is 0.112. The molecular formula is C29H38N4O5S. The number of ether oxygens (including phenoxy) is 1. The van der Waals surface area contributed by atoms with Crippen LogP contribution in [0.2, 0.25) is 0 Å².